The van der Waals surface area contributed by atoms with E-state index < -0.39 is 12.0 Å². The molecule has 106 valence electrons. The molecule has 1 aromatic heterocycles. The number of carbonyl (C=O) groups is 2. The molecule has 1 heterocycles. The molecule has 1 rings (SSSR count). The van der Waals surface area contributed by atoms with E-state index in [0.717, 1.165) is 17.5 Å². The summed E-state index contributed by atoms with van der Waals surface area (Å²) in [4.78, 5) is 26.7. The van der Waals surface area contributed by atoms with Crippen LogP contribution in [0.15, 0.2) is 11.4 Å². The van der Waals surface area contributed by atoms with E-state index in [0.29, 0.717) is 5.16 Å². The summed E-state index contributed by atoms with van der Waals surface area (Å²) >= 11 is 1.12. The van der Waals surface area contributed by atoms with Crippen molar-refractivity contribution in [2.24, 2.45) is 0 Å². The van der Waals surface area contributed by atoms with Crippen LogP contribution in [0.5, 0.6) is 0 Å². The minimum absolute atomic E-state index is 0.0744. The number of imidazole rings is 1. The van der Waals surface area contributed by atoms with Crippen LogP contribution in [0.2, 0.25) is 0 Å². The molecular formula is C12H19N3O3S. The van der Waals surface area contributed by atoms with Crippen LogP contribution in [-0.4, -0.2) is 39.3 Å². The Kier molecular flexibility index (Phi) is 5.41. The number of nitrogens with one attached hydrogen (secondary N) is 1. The zero-order valence-electron chi connectivity index (χ0n) is 11.5. The van der Waals surface area contributed by atoms with E-state index in [1.807, 2.05) is 13.8 Å². The van der Waals surface area contributed by atoms with Gasteiger partial charge in [0.15, 0.2) is 5.16 Å². The van der Waals surface area contributed by atoms with Crippen molar-refractivity contribution in [1.29, 1.82) is 0 Å². The second kappa shape index (κ2) is 6.60. The molecule has 0 spiro atoms. The van der Waals surface area contributed by atoms with Crippen LogP contribution in [0, 0.1) is 0 Å². The summed E-state index contributed by atoms with van der Waals surface area (Å²) in [5, 5.41) is 11.9. The van der Waals surface area contributed by atoms with Gasteiger partial charge in [0, 0.05) is 18.9 Å². The fourth-order valence-corrected chi connectivity index (χ4v) is 2.51. The SMILES string of the molecule is CNC(=O)C(C)n1c(C(C)C)cnc1SCC(=O)O. The highest BCUT2D eigenvalue weighted by atomic mass is 32.2. The van der Waals surface area contributed by atoms with Crippen molar-refractivity contribution < 1.29 is 14.7 Å². The third-order valence-electron chi connectivity index (χ3n) is 2.72. The second-order valence-corrected chi connectivity index (χ2v) is 5.41. The molecule has 0 aromatic carbocycles. The van der Waals surface area contributed by atoms with E-state index in [1.165, 1.54) is 0 Å². The van der Waals surface area contributed by atoms with E-state index in [2.05, 4.69) is 10.3 Å². The van der Waals surface area contributed by atoms with Crippen molar-refractivity contribution in [3.05, 3.63) is 11.9 Å². The lowest BCUT2D eigenvalue weighted by atomic mass is 10.1. The lowest BCUT2D eigenvalue weighted by molar-refractivity contribution is -0.133. The molecule has 1 unspecified atom stereocenters. The van der Waals surface area contributed by atoms with Gasteiger partial charge in [-0.3, -0.25) is 9.59 Å². The minimum atomic E-state index is -0.904. The standard InChI is InChI=1S/C12H19N3O3S/c1-7(2)9-5-14-12(19-6-10(16)17)15(9)8(3)11(18)13-4/h5,7-8H,6H2,1-4H3,(H,13,18)(H,16,17). The summed E-state index contributed by atoms with van der Waals surface area (Å²) < 4.78 is 1.80. The van der Waals surface area contributed by atoms with Crippen LogP contribution in [-0.2, 0) is 9.59 Å². The van der Waals surface area contributed by atoms with E-state index >= 15 is 0 Å². The number of hydrogen-bond donors (Lipinski definition) is 2. The largest absolute Gasteiger partial charge is 0.481 e. The number of carboxylic acid groups (broad SMARTS) is 1. The lowest BCUT2D eigenvalue weighted by Crippen LogP contribution is -2.29. The number of carbonyl (C=O) groups excluding carboxylic acids is 1. The van der Waals surface area contributed by atoms with Crippen molar-refractivity contribution in [2.45, 2.75) is 37.9 Å². The Labute approximate surface area is 116 Å². The summed E-state index contributed by atoms with van der Waals surface area (Å²) in [6.07, 6.45) is 1.70. The van der Waals surface area contributed by atoms with Gasteiger partial charge in [0.2, 0.25) is 5.91 Å². The van der Waals surface area contributed by atoms with E-state index in [-0.39, 0.29) is 17.6 Å². The van der Waals surface area contributed by atoms with Crippen molar-refractivity contribution in [2.75, 3.05) is 12.8 Å². The van der Waals surface area contributed by atoms with Crippen LogP contribution in [0.4, 0.5) is 0 Å². The molecule has 0 saturated carbocycles. The lowest BCUT2D eigenvalue weighted by Gasteiger charge is -2.19. The van der Waals surface area contributed by atoms with E-state index in [1.54, 1.807) is 24.7 Å². The highest BCUT2D eigenvalue weighted by Gasteiger charge is 2.22. The highest BCUT2D eigenvalue weighted by Crippen LogP contribution is 2.27. The molecular weight excluding hydrogens is 266 g/mol. The molecule has 0 fully saturated rings. The molecule has 0 bridgehead atoms. The van der Waals surface area contributed by atoms with Crippen molar-refractivity contribution in [3.63, 3.8) is 0 Å². The van der Waals surface area contributed by atoms with Gasteiger partial charge in [-0.1, -0.05) is 25.6 Å². The van der Waals surface area contributed by atoms with Crippen LogP contribution < -0.4 is 5.32 Å². The van der Waals surface area contributed by atoms with Crippen molar-refractivity contribution in [3.8, 4) is 0 Å². The second-order valence-electron chi connectivity index (χ2n) is 4.46. The Balaban J connectivity index is 3.11. The molecule has 0 aliphatic heterocycles. The number of likely N-dealkylation sites (N-methyl/N-ethyl adjacent to an activating group) is 1. The number of thioether (sulfide) groups is 1. The monoisotopic (exact) mass is 285 g/mol. The van der Waals surface area contributed by atoms with Gasteiger partial charge in [-0.05, 0) is 12.8 Å². The van der Waals surface area contributed by atoms with Gasteiger partial charge >= 0.3 is 5.97 Å². The Bertz CT molecular complexity index is 471. The maximum Gasteiger partial charge on any atom is 0.313 e. The first-order valence-corrected chi connectivity index (χ1v) is 7.00. The minimum Gasteiger partial charge on any atom is -0.481 e. The zero-order chi connectivity index (χ0) is 14.6. The predicted octanol–water partition coefficient (Wildman–Crippen LogP) is 1.49. The average Bonchev–Trinajstić information content (AvgIpc) is 2.78. The van der Waals surface area contributed by atoms with Gasteiger partial charge in [0.25, 0.3) is 0 Å². The highest BCUT2D eigenvalue weighted by molar-refractivity contribution is 7.99. The van der Waals surface area contributed by atoms with Crippen LogP contribution >= 0.6 is 11.8 Å². The topological polar surface area (TPSA) is 84.2 Å². The third-order valence-corrected chi connectivity index (χ3v) is 3.67. The number of aliphatic carboxylic acids is 1. The number of nitrogens with zero attached hydrogens (tertiary/aromatic N) is 2. The maximum atomic E-state index is 11.8. The summed E-state index contributed by atoms with van der Waals surface area (Å²) in [5.74, 6) is -0.899. The molecule has 0 aliphatic carbocycles. The fourth-order valence-electron chi connectivity index (χ4n) is 1.73. The summed E-state index contributed by atoms with van der Waals surface area (Å²) in [5.41, 5.74) is 0.920. The van der Waals surface area contributed by atoms with Crippen molar-refractivity contribution >= 4 is 23.6 Å². The molecule has 1 aromatic rings. The molecule has 2 N–H and O–H groups in total. The van der Waals surface area contributed by atoms with Crippen LogP contribution in [0.25, 0.3) is 0 Å². The van der Waals surface area contributed by atoms with Gasteiger partial charge < -0.3 is 15.0 Å². The van der Waals surface area contributed by atoms with Gasteiger partial charge in [-0.25, -0.2) is 4.98 Å². The Morgan fingerprint density at radius 1 is 1.47 bits per heavy atom. The van der Waals surface area contributed by atoms with Crippen LogP contribution in [0.3, 0.4) is 0 Å². The fraction of sp³-hybridized carbons (Fsp3) is 0.583. The third kappa shape index (κ3) is 3.73. The molecule has 0 radical (unpaired) electrons. The van der Waals surface area contributed by atoms with Gasteiger partial charge in [0.05, 0.1) is 5.75 Å². The molecule has 1 atom stereocenters. The Morgan fingerprint density at radius 3 is 2.58 bits per heavy atom. The predicted molar refractivity (Wildman–Crippen MR) is 73.5 cm³/mol. The first kappa shape index (κ1) is 15.6. The first-order valence-electron chi connectivity index (χ1n) is 6.01. The van der Waals surface area contributed by atoms with Crippen molar-refractivity contribution in [1.82, 2.24) is 14.9 Å². The normalized spacial score (nSPS) is 12.5. The molecule has 6 nitrogen and oxygen atoms in total. The number of rotatable bonds is 6. The molecule has 1 amide bonds. The summed E-state index contributed by atoms with van der Waals surface area (Å²) in [6.45, 7) is 5.79. The quantitative estimate of drug-likeness (QED) is 0.774. The number of aromatic nitrogens is 2. The van der Waals surface area contributed by atoms with Gasteiger partial charge in [-0.15, -0.1) is 0 Å². The molecule has 7 heteroatoms. The Morgan fingerprint density at radius 2 is 2.11 bits per heavy atom. The number of hydrogen-bond acceptors (Lipinski definition) is 4. The summed E-state index contributed by atoms with van der Waals surface area (Å²) in [7, 11) is 1.58. The average molecular weight is 285 g/mol. The van der Waals surface area contributed by atoms with Crippen LogP contribution in [0.1, 0.15) is 38.4 Å². The number of amides is 1. The van der Waals surface area contributed by atoms with Gasteiger partial charge in [-0.2, -0.15) is 0 Å². The van der Waals surface area contributed by atoms with E-state index in [4.69, 9.17) is 5.11 Å². The smallest absolute Gasteiger partial charge is 0.313 e. The number of carboxylic acids is 1. The molecule has 19 heavy (non-hydrogen) atoms. The summed E-state index contributed by atoms with van der Waals surface area (Å²) in [6, 6.07) is -0.416. The van der Waals surface area contributed by atoms with Gasteiger partial charge in [0.1, 0.15) is 6.04 Å². The molecule has 0 saturated heterocycles. The zero-order valence-corrected chi connectivity index (χ0v) is 12.3. The Hall–Kier alpha value is -1.50. The molecule has 0 aliphatic rings. The van der Waals surface area contributed by atoms with E-state index in [9.17, 15) is 9.59 Å². The maximum absolute atomic E-state index is 11.8. The first-order chi connectivity index (χ1) is 8.88.